The summed E-state index contributed by atoms with van der Waals surface area (Å²) in [5.41, 5.74) is 0. The van der Waals surface area contributed by atoms with Gasteiger partial charge in [0, 0.05) is 12.8 Å². The number of carbonyl (C=O) groups is 2. The Kier molecular flexibility index (Phi) is 58.0. The van der Waals surface area contributed by atoms with Crippen molar-refractivity contribution in [3.05, 3.63) is 36.5 Å². The normalized spacial score (nSPS) is 12.8. The van der Waals surface area contributed by atoms with Gasteiger partial charge in [-0.15, -0.1) is 0 Å². The van der Waals surface area contributed by atoms with Crippen LogP contribution in [0.2, 0.25) is 0 Å². The quantitative estimate of drug-likeness (QED) is 0.0321. The Balaban J connectivity index is 3.42. The van der Waals surface area contributed by atoms with E-state index in [4.69, 9.17) is 4.74 Å². The molecule has 0 aliphatic carbocycles. The molecule has 412 valence electrons. The van der Waals surface area contributed by atoms with E-state index >= 15 is 0 Å². The molecule has 0 bridgehead atoms. The number of nitrogens with one attached hydrogen (secondary N) is 1. The maximum absolute atomic E-state index is 12.5. The van der Waals surface area contributed by atoms with Crippen molar-refractivity contribution in [2.75, 3.05) is 13.2 Å². The van der Waals surface area contributed by atoms with Gasteiger partial charge < -0.3 is 20.3 Å². The summed E-state index contributed by atoms with van der Waals surface area (Å²) < 4.78 is 5.48. The number of hydrogen-bond acceptors (Lipinski definition) is 5. The zero-order valence-electron chi connectivity index (χ0n) is 47.0. The Morgan fingerprint density at radius 2 is 0.714 bits per heavy atom. The van der Waals surface area contributed by atoms with Gasteiger partial charge in [0.1, 0.15) is 0 Å². The summed E-state index contributed by atoms with van der Waals surface area (Å²) >= 11 is 0. The number of allylic oxidation sites excluding steroid dienone is 6. The maximum atomic E-state index is 12.5. The average molecular weight is 985 g/mol. The molecule has 0 saturated heterocycles. The lowest BCUT2D eigenvalue weighted by Gasteiger charge is -2.22. The Labute approximate surface area is 436 Å². The number of hydrogen-bond donors (Lipinski definition) is 3. The van der Waals surface area contributed by atoms with E-state index in [1.165, 1.54) is 250 Å². The number of aliphatic hydroxyl groups is 2. The Bertz CT molecular complexity index is 1130. The molecule has 0 aliphatic rings. The zero-order valence-corrected chi connectivity index (χ0v) is 47.0. The molecule has 70 heavy (non-hydrogen) atoms. The van der Waals surface area contributed by atoms with Crippen LogP contribution in [0.3, 0.4) is 0 Å². The first-order valence-corrected chi connectivity index (χ1v) is 31.2. The smallest absolute Gasteiger partial charge is 0.305 e. The van der Waals surface area contributed by atoms with Crippen molar-refractivity contribution in [1.29, 1.82) is 0 Å². The molecule has 0 fully saturated rings. The van der Waals surface area contributed by atoms with E-state index in [0.717, 1.165) is 51.4 Å². The van der Waals surface area contributed by atoms with Crippen LogP contribution in [0.4, 0.5) is 0 Å². The van der Waals surface area contributed by atoms with Crippen LogP contribution in [0.5, 0.6) is 0 Å². The fraction of sp³-hybridized carbons (Fsp3) is 0.875. The van der Waals surface area contributed by atoms with Crippen LogP contribution < -0.4 is 5.32 Å². The van der Waals surface area contributed by atoms with Crippen LogP contribution in [0.1, 0.15) is 335 Å². The first-order valence-electron chi connectivity index (χ1n) is 31.2. The third kappa shape index (κ3) is 55.4. The molecular weight excluding hydrogens is 863 g/mol. The van der Waals surface area contributed by atoms with Crippen LogP contribution in [0.15, 0.2) is 36.5 Å². The highest BCUT2D eigenvalue weighted by atomic mass is 16.5. The topological polar surface area (TPSA) is 95.9 Å². The van der Waals surface area contributed by atoms with Gasteiger partial charge >= 0.3 is 5.97 Å². The summed E-state index contributed by atoms with van der Waals surface area (Å²) in [5.74, 6) is -0.0443. The lowest BCUT2D eigenvalue weighted by atomic mass is 10.0. The molecule has 0 rings (SSSR count). The number of ether oxygens (including phenoxy) is 1. The molecule has 0 aromatic carbocycles. The van der Waals surface area contributed by atoms with E-state index in [1.807, 2.05) is 0 Å². The summed E-state index contributed by atoms with van der Waals surface area (Å²) in [6, 6.07) is -0.547. The SMILES string of the molecule is CCCCCC/C=C\C/C=C\CCCCCCCC(=O)OCCCCCCCCCCCCC/C=C\CCCCCCCCCC(=O)NC(CO)C(O)CCCCCCCCCCCCCCCCC. The number of amides is 1. The van der Waals surface area contributed by atoms with Gasteiger partial charge in [0.15, 0.2) is 0 Å². The monoisotopic (exact) mass is 984 g/mol. The van der Waals surface area contributed by atoms with Gasteiger partial charge in [0.25, 0.3) is 0 Å². The van der Waals surface area contributed by atoms with Crippen molar-refractivity contribution in [2.24, 2.45) is 0 Å². The predicted octanol–water partition coefficient (Wildman–Crippen LogP) is 19.6. The van der Waals surface area contributed by atoms with Crippen molar-refractivity contribution in [2.45, 2.75) is 347 Å². The first-order chi connectivity index (χ1) is 34.5. The summed E-state index contributed by atoms with van der Waals surface area (Å²) in [6.45, 7) is 4.94. The fourth-order valence-electron chi connectivity index (χ4n) is 9.61. The zero-order chi connectivity index (χ0) is 50.7. The Morgan fingerprint density at radius 3 is 1.11 bits per heavy atom. The van der Waals surface area contributed by atoms with Crippen LogP contribution >= 0.6 is 0 Å². The first kappa shape index (κ1) is 68.1. The minimum atomic E-state index is -0.669. The summed E-state index contributed by atoms with van der Waals surface area (Å²) in [7, 11) is 0. The van der Waals surface area contributed by atoms with E-state index in [2.05, 4.69) is 55.6 Å². The molecule has 6 heteroatoms. The van der Waals surface area contributed by atoms with Crippen LogP contribution in [-0.4, -0.2) is 47.4 Å². The van der Waals surface area contributed by atoms with Gasteiger partial charge in [-0.25, -0.2) is 0 Å². The van der Waals surface area contributed by atoms with Crippen LogP contribution in [0, 0.1) is 0 Å². The highest BCUT2D eigenvalue weighted by molar-refractivity contribution is 5.76. The number of esters is 1. The highest BCUT2D eigenvalue weighted by Gasteiger charge is 2.20. The maximum Gasteiger partial charge on any atom is 0.305 e. The Hall–Kier alpha value is -1.92. The molecule has 0 spiro atoms. The number of unbranched alkanes of at least 4 members (excludes halogenated alkanes) is 41. The predicted molar refractivity (Wildman–Crippen MR) is 306 cm³/mol. The lowest BCUT2D eigenvalue weighted by molar-refractivity contribution is -0.143. The van der Waals surface area contributed by atoms with Gasteiger partial charge in [-0.2, -0.15) is 0 Å². The minimum Gasteiger partial charge on any atom is -0.466 e. The largest absolute Gasteiger partial charge is 0.466 e. The van der Waals surface area contributed by atoms with Crippen molar-refractivity contribution < 1.29 is 24.5 Å². The lowest BCUT2D eigenvalue weighted by Crippen LogP contribution is -2.45. The molecule has 0 aromatic heterocycles. The third-order valence-electron chi connectivity index (χ3n) is 14.4. The summed E-state index contributed by atoms with van der Waals surface area (Å²) in [4.78, 5) is 24.5. The van der Waals surface area contributed by atoms with E-state index in [9.17, 15) is 19.8 Å². The van der Waals surface area contributed by atoms with Gasteiger partial charge in [0.2, 0.25) is 5.91 Å². The van der Waals surface area contributed by atoms with E-state index in [0.29, 0.717) is 25.9 Å². The van der Waals surface area contributed by atoms with Gasteiger partial charge in [-0.3, -0.25) is 9.59 Å². The van der Waals surface area contributed by atoms with Crippen molar-refractivity contribution in [1.82, 2.24) is 5.32 Å². The van der Waals surface area contributed by atoms with E-state index in [-0.39, 0.29) is 18.5 Å². The third-order valence-corrected chi connectivity index (χ3v) is 14.4. The van der Waals surface area contributed by atoms with Crippen LogP contribution in [0.25, 0.3) is 0 Å². The number of rotatable bonds is 58. The van der Waals surface area contributed by atoms with Crippen molar-refractivity contribution in [3.63, 3.8) is 0 Å². The molecule has 0 aliphatic heterocycles. The molecular formula is C64H121NO5. The second-order valence-corrected chi connectivity index (χ2v) is 21.4. The second-order valence-electron chi connectivity index (χ2n) is 21.4. The molecule has 2 unspecified atom stereocenters. The molecule has 0 saturated carbocycles. The fourth-order valence-corrected chi connectivity index (χ4v) is 9.61. The number of carbonyl (C=O) groups excluding carboxylic acids is 2. The van der Waals surface area contributed by atoms with E-state index < -0.39 is 12.1 Å². The summed E-state index contributed by atoms with van der Waals surface area (Å²) in [6.07, 6.45) is 74.3. The highest BCUT2D eigenvalue weighted by Crippen LogP contribution is 2.17. The van der Waals surface area contributed by atoms with Gasteiger partial charge in [0.05, 0.1) is 25.4 Å². The van der Waals surface area contributed by atoms with Crippen molar-refractivity contribution >= 4 is 11.9 Å². The summed E-state index contributed by atoms with van der Waals surface area (Å²) in [5, 5.41) is 23.3. The minimum absolute atomic E-state index is 0.00340. The average Bonchev–Trinajstić information content (AvgIpc) is 3.36. The van der Waals surface area contributed by atoms with E-state index in [1.54, 1.807) is 0 Å². The number of aliphatic hydroxyl groups excluding tert-OH is 2. The van der Waals surface area contributed by atoms with Gasteiger partial charge in [-0.05, 0) is 83.5 Å². The molecule has 0 heterocycles. The molecule has 2 atom stereocenters. The molecule has 6 nitrogen and oxygen atoms in total. The van der Waals surface area contributed by atoms with Crippen molar-refractivity contribution in [3.8, 4) is 0 Å². The molecule has 3 N–H and O–H groups in total. The second kappa shape index (κ2) is 59.6. The molecule has 1 amide bonds. The van der Waals surface area contributed by atoms with Gasteiger partial charge in [-0.1, -0.05) is 275 Å². The standard InChI is InChI=1S/C64H121NO5/c1-3-5-7-9-11-13-15-17-19-30-34-38-42-46-50-54-58-64(69)70-59-55-51-47-43-39-35-31-27-25-23-21-20-22-24-26-29-33-37-41-45-49-53-57-63(68)65-61(60-66)62(67)56-52-48-44-40-36-32-28-18-16-14-12-10-8-6-4-2/h13,15,19,22,24,30,61-62,66-67H,3-12,14,16-18,20-21,23,25-29,31-60H2,1-2H3,(H,65,68)/b15-13-,24-22-,30-19-. The molecule has 0 aromatic rings. The molecule has 0 radical (unpaired) electrons. The van der Waals surface area contributed by atoms with Crippen LogP contribution in [-0.2, 0) is 14.3 Å². The Morgan fingerprint density at radius 1 is 0.400 bits per heavy atom.